The summed E-state index contributed by atoms with van der Waals surface area (Å²) in [6, 6.07) is 3.28. The first kappa shape index (κ1) is 12.7. The lowest BCUT2D eigenvalue weighted by Gasteiger charge is -2.06. The summed E-state index contributed by atoms with van der Waals surface area (Å²) in [5, 5.41) is 1.52. The van der Waals surface area contributed by atoms with Crippen molar-refractivity contribution in [1.29, 1.82) is 0 Å². The molecule has 0 atom stereocenters. The van der Waals surface area contributed by atoms with Gasteiger partial charge in [0.15, 0.2) is 0 Å². The zero-order chi connectivity index (χ0) is 11.4. The molecule has 1 N–H and O–H groups in total. The van der Waals surface area contributed by atoms with Crippen molar-refractivity contribution in [3.05, 3.63) is 38.5 Å². The van der Waals surface area contributed by atoms with Gasteiger partial charge < -0.3 is 0 Å². The molecule has 0 saturated heterocycles. The molecule has 1 rings (SSSR count). The van der Waals surface area contributed by atoms with Crippen molar-refractivity contribution in [1.82, 2.24) is 5.48 Å². The number of hydrogen-bond acceptors (Lipinski definition) is 2. The lowest BCUT2D eigenvalue weighted by molar-refractivity contribution is 0.119. The van der Waals surface area contributed by atoms with Gasteiger partial charge in [0.2, 0.25) is 0 Å². The van der Waals surface area contributed by atoms with Crippen LogP contribution in [0.2, 0.25) is 15.1 Å². The average Bonchev–Trinajstić information content (AvgIpc) is 2.11. The van der Waals surface area contributed by atoms with Crippen LogP contribution in [0.5, 0.6) is 0 Å². The van der Waals surface area contributed by atoms with Gasteiger partial charge in [0.25, 0.3) is 0 Å². The summed E-state index contributed by atoms with van der Waals surface area (Å²) in [7, 11) is 1.53. The molecule has 0 aliphatic rings. The molecule has 0 fully saturated rings. The molecule has 0 radical (unpaired) electrons. The summed E-state index contributed by atoms with van der Waals surface area (Å²) in [5.74, 6) is 0. The van der Waals surface area contributed by atoms with Crippen LogP contribution in [0, 0.1) is 0 Å². The maximum Gasteiger partial charge on any atom is 0.0636 e. The maximum atomic E-state index is 6.00. The number of hydroxylamine groups is 1. The third-order valence-corrected chi connectivity index (χ3v) is 2.51. The summed E-state index contributed by atoms with van der Waals surface area (Å²) in [4.78, 5) is 4.75. The second-order valence-corrected chi connectivity index (χ2v) is 4.17. The maximum absolute atomic E-state index is 6.00. The average molecular weight is 267 g/mol. The van der Waals surface area contributed by atoms with Crippen LogP contribution in [0.3, 0.4) is 0 Å². The van der Waals surface area contributed by atoms with E-state index in [1.165, 1.54) is 7.11 Å². The Labute approximate surface area is 104 Å². The van der Waals surface area contributed by atoms with E-state index in [1.54, 1.807) is 18.2 Å². The van der Waals surface area contributed by atoms with Gasteiger partial charge in [0.1, 0.15) is 0 Å². The third kappa shape index (κ3) is 3.58. The summed E-state index contributed by atoms with van der Waals surface area (Å²) in [5.41, 5.74) is 4.18. The van der Waals surface area contributed by atoms with Gasteiger partial charge in [-0.3, -0.25) is 10.3 Å². The number of nitrogens with one attached hydrogen (secondary N) is 1. The second-order valence-electron chi connectivity index (χ2n) is 2.92. The van der Waals surface area contributed by atoms with E-state index in [0.29, 0.717) is 20.6 Å². The number of rotatable bonds is 3. The summed E-state index contributed by atoms with van der Waals surface area (Å²) < 4.78 is 0. The SMILES string of the molecule is CON/C(C)=C/c1c(Cl)cc(Cl)cc1Cl. The van der Waals surface area contributed by atoms with Gasteiger partial charge in [-0.2, -0.15) is 0 Å². The fourth-order valence-electron chi connectivity index (χ4n) is 1.10. The minimum atomic E-state index is 0.504. The molecular formula is C10H10Cl3NO. The highest BCUT2D eigenvalue weighted by atomic mass is 35.5. The lowest BCUT2D eigenvalue weighted by atomic mass is 10.2. The lowest BCUT2D eigenvalue weighted by Crippen LogP contribution is -2.07. The van der Waals surface area contributed by atoms with Crippen molar-refractivity contribution in [3.63, 3.8) is 0 Å². The molecule has 0 aliphatic carbocycles. The molecule has 0 saturated carbocycles. The molecule has 0 bridgehead atoms. The first-order valence-electron chi connectivity index (χ1n) is 4.16. The molecule has 0 heterocycles. The zero-order valence-electron chi connectivity index (χ0n) is 8.27. The molecule has 1 aromatic rings. The Morgan fingerprint density at radius 1 is 1.27 bits per heavy atom. The zero-order valence-corrected chi connectivity index (χ0v) is 10.5. The van der Waals surface area contributed by atoms with E-state index in [2.05, 4.69) is 5.48 Å². The van der Waals surface area contributed by atoms with Crippen molar-refractivity contribution < 1.29 is 4.84 Å². The fraction of sp³-hybridized carbons (Fsp3) is 0.200. The highest BCUT2D eigenvalue weighted by Crippen LogP contribution is 2.30. The smallest absolute Gasteiger partial charge is 0.0636 e. The van der Waals surface area contributed by atoms with Crippen LogP contribution >= 0.6 is 34.8 Å². The van der Waals surface area contributed by atoms with Gasteiger partial charge in [-0.15, -0.1) is 0 Å². The number of benzene rings is 1. The normalized spacial score (nSPS) is 11.7. The summed E-state index contributed by atoms with van der Waals surface area (Å²) >= 11 is 17.8. The Kier molecular flexibility index (Phi) is 4.74. The van der Waals surface area contributed by atoms with Crippen LogP contribution in [0.25, 0.3) is 6.08 Å². The van der Waals surface area contributed by atoms with Crippen molar-refractivity contribution in [3.8, 4) is 0 Å². The van der Waals surface area contributed by atoms with Crippen LogP contribution in [0.15, 0.2) is 17.8 Å². The largest absolute Gasteiger partial charge is 0.280 e. The minimum absolute atomic E-state index is 0.504. The van der Waals surface area contributed by atoms with Gasteiger partial charge in [0.05, 0.1) is 17.2 Å². The molecule has 0 aromatic heterocycles. The Bertz CT molecular complexity index is 367. The fourth-order valence-corrected chi connectivity index (χ4v) is 2.02. The van der Waals surface area contributed by atoms with Crippen LogP contribution < -0.4 is 5.48 Å². The van der Waals surface area contributed by atoms with E-state index in [4.69, 9.17) is 39.6 Å². The summed E-state index contributed by atoms with van der Waals surface area (Å²) in [6.07, 6.45) is 1.78. The van der Waals surface area contributed by atoms with E-state index in [1.807, 2.05) is 6.92 Å². The van der Waals surface area contributed by atoms with Crippen LogP contribution in [-0.2, 0) is 4.84 Å². The molecule has 15 heavy (non-hydrogen) atoms. The standard InChI is InChI=1S/C10H10Cl3NO/c1-6(14-15-2)3-8-9(12)4-7(11)5-10(8)13/h3-5,14H,1-2H3/b6-3+. The molecule has 5 heteroatoms. The van der Waals surface area contributed by atoms with Crippen LogP contribution in [0.4, 0.5) is 0 Å². The van der Waals surface area contributed by atoms with E-state index in [-0.39, 0.29) is 0 Å². The Hall–Kier alpha value is -0.410. The molecule has 0 amide bonds. The highest BCUT2D eigenvalue weighted by molar-refractivity contribution is 6.40. The van der Waals surface area contributed by atoms with Gasteiger partial charge in [-0.25, -0.2) is 0 Å². The first-order chi connectivity index (χ1) is 7.04. The highest BCUT2D eigenvalue weighted by Gasteiger charge is 2.05. The molecular weight excluding hydrogens is 256 g/mol. The van der Waals surface area contributed by atoms with Gasteiger partial charge in [0, 0.05) is 16.3 Å². The van der Waals surface area contributed by atoms with Crippen LogP contribution in [0.1, 0.15) is 12.5 Å². The number of hydrogen-bond donors (Lipinski definition) is 1. The molecule has 82 valence electrons. The van der Waals surface area contributed by atoms with Crippen molar-refractivity contribution in [2.75, 3.05) is 7.11 Å². The van der Waals surface area contributed by atoms with Crippen molar-refractivity contribution in [2.24, 2.45) is 0 Å². The Morgan fingerprint density at radius 2 is 1.80 bits per heavy atom. The quantitative estimate of drug-likeness (QED) is 0.830. The topological polar surface area (TPSA) is 21.3 Å². The molecule has 0 aliphatic heterocycles. The number of allylic oxidation sites excluding steroid dienone is 1. The molecule has 0 spiro atoms. The monoisotopic (exact) mass is 265 g/mol. The van der Waals surface area contributed by atoms with E-state index in [0.717, 1.165) is 5.70 Å². The van der Waals surface area contributed by atoms with Crippen LogP contribution in [-0.4, -0.2) is 7.11 Å². The third-order valence-electron chi connectivity index (χ3n) is 1.67. The Balaban J connectivity index is 3.09. The van der Waals surface area contributed by atoms with Gasteiger partial charge in [-0.05, 0) is 25.1 Å². The van der Waals surface area contributed by atoms with E-state index >= 15 is 0 Å². The second kappa shape index (κ2) is 5.61. The molecule has 0 unspecified atom stereocenters. The Morgan fingerprint density at radius 3 is 2.27 bits per heavy atom. The number of halogens is 3. The first-order valence-corrected chi connectivity index (χ1v) is 5.30. The van der Waals surface area contributed by atoms with E-state index < -0.39 is 0 Å². The van der Waals surface area contributed by atoms with Gasteiger partial charge in [-0.1, -0.05) is 34.8 Å². The molecule has 1 aromatic carbocycles. The van der Waals surface area contributed by atoms with E-state index in [9.17, 15) is 0 Å². The van der Waals surface area contributed by atoms with Gasteiger partial charge >= 0.3 is 0 Å². The molecule has 2 nitrogen and oxygen atoms in total. The predicted molar refractivity (Wildman–Crippen MR) is 65.3 cm³/mol. The minimum Gasteiger partial charge on any atom is -0.280 e. The van der Waals surface area contributed by atoms with Crippen molar-refractivity contribution in [2.45, 2.75) is 6.92 Å². The summed E-state index contributed by atoms with van der Waals surface area (Å²) in [6.45, 7) is 1.84. The van der Waals surface area contributed by atoms with Crippen molar-refractivity contribution >= 4 is 40.9 Å². The predicted octanol–water partition coefficient (Wildman–Crippen LogP) is 4.16.